The molecule has 0 saturated heterocycles. The maximum Gasteiger partial charge on any atom is 0.373 e. The molecule has 0 bridgehead atoms. The van der Waals surface area contributed by atoms with Crippen LogP contribution in [0.1, 0.15) is 27.3 Å². The third-order valence-corrected chi connectivity index (χ3v) is 3.51. The second-order valence-corrected chi connectivity index (χ2v) is 5.10. The van der Waals surface area contributed by atoms with E-state index in [1.165, 1.54) is 23.7 Å². The van der Waals surface area contributed by atoms with Crippen LogP contribution in [0.5, 0.6) is 0 Å². The molecular weight excluding hydrogens is 308 g/mol. The Balaban J connectivity index is 2.10. The lowest BCUT2D eigenvalue weighted by Gasteiger charge is -2.05. The Hall–Kier alpha value is -3.03. The van der Waals surface area contributed by atoms with Crippen molar-refractivity contribution in [1.82, 2.24) is 14.6 Å². The second kappa shape index (κ2) is 5.31. The number of aromatic amines is 1. The summed E-state index contributed by atoms with van der Waals surface area (Å²) in [6.45, 7) is 1.53. The fourth-order valence-electron chi connectivity index (χ4n) is 2.36. The van der Waals surface area contributed by atoms with Gasteiger partial charge >= 0.3 is 5.97 Å². The molecule has 0 amide bonds. The highest BCUT2D eigenvalue weighted by atomic mass is 19.2. The monoisotopic (exact) mass is 319 g/mol. The summed E-state index contributed by atoms with van der Waals surface area (Å²) in [6, 6.07) is 3.40. The molecule has 0 aliphatic rings. The van der Waals surface area contributed by atoms with Crippen LogP contribution in [0.2, 0.25) is 0 Å². The summed E-state index contributed by atoms with van der Waals surface area (Å²) >= 11 is 0. The Bertz CT molecular complexity index is 992. The van der Waals surface area contributed by atoms with Gasteiger partial charge in [-0.25, -0.2) is 23.1 Å². The van der Waals surface area contributed by atoms with Gasteiger partial charge in [0, 0.05) is 23.7 Å². The predicted molar refractivity (Wildman–Crippen MR) is 76.7 cm³/mol. The van der Waals surface area contributed by atoms with Gasteiger partial charge in [-0.2, -0.15) is 0 Å². The maximum absolute atomic E-state index is 13.3. The Morgan fingerprint density at radius 1 is 1.35 bits per heavy atom. The number of hydrogen-bond acceptors (Lipinski definition) is 3. The quantitative estimate of drug-likeness (QED) is 0.772. The van der Waals surface area contributed by atoms with Crippen molar-refractivity contribution in [3.05, 3.63) is 68.8 Å². The summed E-state index contributed by atoms with van der Waals surface area (Å²) in [5.41, 5.74) is 0.901. The van der Waals surface area contributed by atoms with Gasteiger partial charge in [-0.1, -0.05) is 6.07 Å². The van der Waals surface area contributed by atoms with E-state index in [-0.39, 0.29) is 28.9 Å². The average molecular weight is 319 g/mol. The summed E-state index contributed by atoms with van der Waals surface area (Å²) in [5.74, 6) is -3.49. The van der Waals surface area contributed by atoms with E-state index < -0.39 is 17.6 Å². The van der Waals surface area contributed by atoms with E-state index >= 15 is 0 Å². The van der Waals surface area contributed by atoms with Gasteiger partial charge in [0.05, 0.1) is 0 Å². The van der Waals surface area contributed by atoms with Gasteiger partial charge in [-0.3, -0.25) is 9.89 Å². The molecule has 0 fully saturated rings. The number of aryl methyl sites for hydroxylation is 1. The second-order valence-electron chi connectivity index (χ2n) is 5.10. The summed E-state index contributed by atoms with van der Waals surface area (Å²) in [7, 11) is 0. The Labute approximate surface area is 128 Å². The fourth-order valence-corrected chi connectivity index (χ4v) is 2.36. The molecule has 3 aromatic rings. The Morgan fingerprint density at radius 2 is 2.09 bits per heavy atom. The van der Waals surface area contributed by atoms with Gasteiger partial charge in [0.1, 0.15) is 0 Å². The predicted octanol–water partition coefficient (Wildman–Crippen LogP) is 1.90. The van der Waals surface area contributed by atoms with Crippen LogP contribution in [0.4, 0.5) is 8.78 Å². The third kappa shape index (κ3) is 2.59. The largest absolute Gasteiger partial charge is 0.475 e. The number of rotatable bonds is 3. The highest BCUT2D eigenvalue weighted by Crippen LogP contribution is 2.13. The maximum atomic E-state index is 13.3. The van der Waals surface area contributed by atoms with Crippen LogP contribution in [0.3, 0.4) is 0 Å². The molecular formula is C15H11F2N3O3. The van der Waals surface area contributed by atoms with Crippen LogP contribution < -0.4 is 5.43 Å². The van der Waals surface area contributed by atoms with Crippen molar-refractivity contribution in [3.8, 4) is 0 Å². The zero-order chi connectivity index (χ0) is 16.7. The van der Waals surface area contributed by atoms with E-state index in [0.717, 1.165) is 12.1 Å². The standard InChI is InChI=1S/C15H11F2N3O3/c1-7-12(21)9(4-8-2-3-10(16)11(17)5-8)6-20-14(7)18-13(19-20)15(22)23/h2-3,5-6H,4H2,1H3,(H,18,19)(H,22,23). The van der Waals surface area contributed by atoms with Crippen LogP contribution in [0.25, 0.3) is 5.65 Å². The lowest BCUT2D eigenvalue weighted by molar-refractivity contribution is 0.0684. The fraction of sp³-hybridized carbons (Fsp3) is 0.133. The van der Waals surface area contributed by atoms with Crippen LogP contribution >= 0.6 is 0 Å². The van der Waals surface area contributed by atoms with Crippen molar-refractivity contribution in [2.75, 3.05) is 0 Å². The zero-order valence-corrected chi connectivity index (χ0v) is 11.9. The van der Waals surface area contributed by atoms with Crippen molar-refractivity contribution in [2.45, 2.75) is 13.3 Å². The minimum atomic E-state index is -1.25. The number of carbonyl (C=O) groups is 1. The first-order valence-electron chi connectivity index (χ1n) is 6.65. The van der Waals surface area contributed by atoms with Crippen molar-refractivity contribution in [1.29, 1.82) is 0 Å². The first-order chi connectivity index (χ1) is 10.9. The highest BCUT2D eigenvalue weighted by Gasteiger charge is 2.15. The third-order valence-electron chi connectivity index (χ3n) is 3.51. The van der Waals surface area contributed by atoms with E-state index in [1.54, 1.807) is 0 Å². The van der Waals surface area contributed by atoms with Gasteiger partial charge in [-0.05, 0) is 24.6 Å². The highest BCUT2D eigenvalue weighted by molar-refractivity contribution is 5.83. The molecule has 118 valence electrons. The smallest absolute Gasteiger partial charge is 0.373 e. The molecule has 0 aliphatic heterocycles. The zero-order valence-electron chi connectivity index (χ0n) is 11.9. The lowest BCUT2D eigenvalue weighted by Crippen LogP contribution is -2.15. The number of pyridine rings is 1. The average Bonchev–Trinajstić information content (AvgIpc) is 2.93. The summed E-state index contributed by atoms with van der Waals surface area (Å²) in [6.07, 6.45) is 1.49. The SMILES string of the molecule is Cc1c(=O)c(Cc2ccc(F)c(F)c2)cn2[nH]c(C(=O)O)nc12. The number of carboxylic acids is 1. The summed E-state index contributed by atoms with van der Waals surface area (Å²) in [4.78, 5) is 27.1. The Kier molecular flexibility index (Phi) is 3.44. The number of aromatic carboxylic acids is 1. The molecule has 2 N–H and O–H groups in total. The Morgan fingerprint density at radius 3 is 2.74 bits per heavy atom. The van der Waals surface area contributed by atoms with Crippen LogP contribution in [0.15, 0.2) is 29.2 Å². The number of nitrogens with zero attached hydrogens (tertiary/aromatic N) is 2. The van der Waals surface area contributed by atoms with E-state index in [2.05, 4.69) is 10.1 Å². The molecule has 3 rings (SSSR count). The number of H-pyrrole nitrogens is 1. The van der Waals surface area contributed by atoms with Gasteiger partial charge in [0.25, 0.3) is 0 Å². The van der Waals surface area contributed by atoms with E-state index in [4.69, 9.17) is 5.11 Å². The molecule has 0 unspecified atom stereocenters. The molecule has 2 heterocycles. The molecule has 6 nitrogen and oxygen atoms in total. The number of fused-ring (bicyclic) bond motifs is 1. The topological polar surface area (TPSA) is 87.5 Å². The van der Waals surface area contributed by atoms with E-state index in [0.29, 0.717) is 11.1 Å². The first kappa shape index (κ1) is 14.9. The number of benzene rings is 1. The number of hydrogen-bond donors (Lipinski definition) is 2. The molecule has 0 saturated carbocycles. The van der Waals surface area contributed by atoms with Crippen LogP contribution in [-0.4, -0.2) is 25.7 Å². The minimum absolute atomic E-state index is 0.0846. The van der Waals surface area contributed by atoms with Crippen LogP contribution in [-0.2, 0) is 6.42 Å². The normalized spacial score (nSPS) is 11.1. The molecule has 23 heavy (non-hydrogen) atoms. The van der Waals surface area contributed by atoms with Crippen molar-refractivity contribution < 1.29 is 18.7 Å². The van der Waals surface area contributed by atoms with Gasteiger partial charge < -0.3 is 5.11 Å². The molecule has 8 heteroatoms. The van der Waals surface area contributed by atoms with Gasteiger partial charge in [-0.15, -0.1) is 0 Å². The van der Waals surface area contributed by atoms with Crippen molar-refractivity contribution >= 4 is 11.6 Å². The molecule has 0 spiro atoms. The summed E-state index contributed by atoms with van der Waals surface area (Å²) in [5, 5.41) is 11.5. The first-order valence-corrected chi connectivity index (χ1v) is 6.65. The van der Waals surface area contributed by atoms with E-state index in [1.807, 2.05) is 0 Å². The molecule has 1 aromatic carbocycles. The minimum Gasteiger partial charge on any atom is -0.475 e. The molecule has 0 atom stereocenters. The molecule has 0 radical (unpaired) electrons. The van der Waals surface area contributed by atoms with Crippen molar-refractivity contribution in [3.63, 3.8) is 0 Å². The number of nitrogens with one attached hydrogen (secondary N) is 1. The molecule has 2 aromatic heterocycles. The molecule has 0 aliphatic carbocycles. The number of carboxylic acid groups (broad SMARTS) is 1. The van der Waals surface area contributed by atoms with Crippen LogP contribution in [0, 0.1) is 18.6 Å². The van der Waals surface area contributed by atoms with Crippen molar-refractivity contribution in [2.24, 2.45) is 0 Å². The van der Waals surface area contributed by atoms with Gasteiger partial charge in [0.15, 0.2) is 22.7 Å². The van der Waals surface area contributed by atoms with E-state index in [9.17, 15) is 18.4 Å². The number of aromatic nitrogens is 3. The lowest BCUT2D eigenvalue weighted by atomic mass is 10.0. The number of halogens is 2. The van der Waals surface area contributed by atoms with Gasteiger partial charge in [0.2, 0.25) is 5.82 Å². The summed E-state index contributed by atoms with van der Waals surface area (Å²) < 4.78 is 27.6.